The maximum absolute atomic E-state index is 12.8. The standard InChI is InChI=1S/C16H20FN3O/c1-19-14(9-17)16(21)13-5-2-11(3-6-13)8-12-4-7-15(18)20-10-12/h2-7,10,14,16,19,21H,8-9H2,1H3,(H2,18,20). The highest BCUT2D eigenvalue weighted by Gasteiger charge is 2.18. The van der Waals surface area contributed by atoms with E-state index in [1.54, 1.807) is 19.3 Å². The molecule has 2 aromatic rings. The second-order valence-electron chi connectivity index (χ2n) is 5.00. The molecule has 1 aromatic heterocycles. The predicted octanol–water partition coefficient (Wildman–Crippen LogP) is 1.85. The summed E-state index contributed by atoms with van der Waals surface area (Å²) >= 11 is 0. The van der Waals surface area contributed by atoms with Gasteiger partial charge < -0.3 is 16.2 Å². The Morgan fingerprint density at radius 1 is 1.19 bits per heavy atom. The van der Waals surface area contributed by atoms with E-state index < -0.39 is 18.8 Å². The van der Waals surface area contributed by atoms with Crippen molar-refractivity contribution in [2.45, 2.75) is 18.6 Å². The van der Waals surface area contributed by atoms with E-state index in [4.69, 9.17) is 5.73 Å². The molecular weight excluding hydrogens is 269 g/mol. The number of pyridine rings is 1. The molecule has 4 nitrogen and oxygen atoms in total. The van der Waals surface area contributed by atoms with Crippen LogP contribution in [0.25, 0.3) is 0 Å². The van der Waals surface area contributed by atoms with E-state index in [2.05, 4.69) is 10.3 Å². The summed E-state index contributed by atoms with van der Waals surface area (Å²) in [5.41, 5.74) is 8.41. The first-order valence-corrected chi connectivity index (χ1v) is 6.84. The molecule has 2 rings (SSSR count). The number of likely N-dealkylation sites (N-methyl/N-ethyl adjacent to an activating group) is 1. The zero-order chi connectivity index (χ0) is 15.2. The molecule has 0 saturated carbocycles. The van der Waals surface area contributed by atoms with Crippen molar-refractivity contribution in [2.75, 3.05) is 19.5 Å². The van der Waals surface area contributed by atoms with Crippen molar-refractivity contribution in [3.8, 4) is 0 Å². The van der Waals surface area contributed by atoms with Crippen molar-refractivity contribution in [1.29, 1.82) is 0 Å². The summed E-state index contributed by atoms with van der Waals surface area (Å²) in [5.74, 6) is 0.501. The molecule has 0 aliphatic rings. The summed E-state index contributed by atoms with van der Waals surface area (Å²) in [5, 5.41) is 12.8. The van der Waals surface area contributed by atoms with E-state index in [0.717, 1.165) is 17.5 Å². The Morgan fingerprint density at radius 3 is 2.38 bits per heavy atom. The molecule has 5 heteroatoms. The third-order valence-electron chi connectivity index (χ3n) is 3.50. The summed E-state index contributed by atoms with van der Waals surface area (Å²) < 4.78 is 12.8. The van der Waals surface area contributed by atoms with Gasteiger partial charge >= 0.3 is 0 Å². The fourth-order valence-corrected chi connectivity index (χ4v) is 2.16. The molecule has 0 saturated heterocycles. The highest BCUT2D eigenvalue weighted by atomic mass is 19.1. The first kappa shape index (κ1) is 15.4. The predicted molar refractivity (Wildman–Crippen MR) is 81.7 cm³/mol. The van der Waals surface area contributed by atoms with Gasteiger partial charge in [0.15, 0.2) is 0 Å². The van der Waals surface area contributed by atoms with Gasteiger partial charge in [-0.25, -0.2) is 9.37 Å². The molecule has 1 aromatic carbocycles. The van der Waals surface area contributed by atoms with Gasteiger partial charge in [-0.3, -0.25) is 0 Å². The first-order valence-electron chi connectivity index (χ1n) is 6.84. The molecule has 0 aliphatic heterocycles. The summed E-state index contributed by atoms with van der Waals surface area (Å²) in [6.45, 7) is -0.615. The van der Waals surface area contributed by atoms with Gasteiger partial charge in [0.25, 0.3) is 0 Å². The van der Waals surface area contributed by atoms with Crippen molar-refractivity contribution in [3.63, 3.8) is 0 Å². The minimum atomic E-state index is -0.854. The van der Waals surface area contributed by atoms with Crippen molar-refractivity contribution in [1.82, 2.24) is 10.3 Å². The lowest BCUT2D eigenvalue weighted by atomic mass is 9.99. The van der Waals surface area contributed by atoms with E-state index >= 15 is 0 Å². The molecule has 1 heterocycles. The van der Waals surface area contributed by atoms with E-state index in [9.17, 15) is 9.50 Å². The topological polar surface area (TPSA) is 71.2 Å². The maximum Gasteiger partial charge on any atom is 0.123 e. The normalized spacial score (nSPS) is 13.9. The van der Waals surface area contributed by atoms with Crippen LogP contribution in [0.2, 0.25) is 0 Å². The van der Waals surface area contributed by atoms with E-state index in [-0.39, 0.29) is 0 Å². The average molecular weight is 289 g/mol. The van der Waals surface area contributed by atoms with Gasteiger partial charge in [-0.05, 0) is 36.2 Å². The van der Waals surface area contributed by atoms with Gasteiger partial charge in [0.1, 0.15) is 12.5 Å². The van der Waals surface area contributed by atoms with Gasteiger partial charge in [-0.1, -0.05) is 30.3 Å². The molecular formula is C16H20FN3O. The van der Waals surface area contributed by atoms with E-state index in [0.29, 0.717) is 11.4 Å². The minimum absolute atomic E-state index is 0.501. The van der Waals surface area contributed by atoms with Crippen LogP contribution in [0.3, 0.4) is 0 Å². The number of aromatic nitrogens is 1. The van der Waals surface area contributed by atoms with Crippen LogP contribution in [-0.2, 0) is 6.42 Å². The number of nitrogens with one attached hydrogen (secondary N) is 1. The lowest BCUT2D eigenvalue weighted by Crippen LogP contribution is -2.33. The van der Waals surface area contributed by atoms with Crippen LogP contribution >= 0.6 is 0 Å². The number of anilines is 1. The summed E-state index contributed by atoms with van der Waals surface area (Å²) in [6.07, 6.45) is 1.63. The quantitative estimate of drug-likeness (QED) is 0.759. The largest absolute Gasteiger partial charge is 0.387 e. The molecule has 0 amide bonds. The van der Waals surface area contributed by atoms with Crippen LogP contribution in [0, 0.1) is 0 Å². The lowest BCUT2D eigenvalue weighted by Gasteiger charge is -2.20. The van der Waals surface area contributed by atoms with Gasteiger partial charge in [0.2, 0.25) is 0 Å². The van der Waals surface area contributed by atoms with Crippen molar-refractivity contribution in [2.24, 2.45) is 0 Å². The molecule has 0 bridgehead atoms. The fourth-order valence-electron chi connectivity index (χ4n) is 2.16. The highest BCUT2D eigenvalue weighted by molar-refractivity contribution is 5.33. The summed E-state index contributed by atoms with van der Waals surface area (Å²) in [7, 11) is 1.63. The smallest absolute Gasteiger partial charge is 0.123 e. The maximum atomic E-state index is 12.8. The monoisotopic (exact) mass is 289 g/mol. The zero-order valence-corrected chi connectivity index (χ0v) is 12.0. The number of halogens is 1. The van der Waals surface area contributed by atoms with Crippen molar-refractivity contribution in [3.05, 3.63) is 59.3 Å². The number of nitrogens with two attached hydrogens (primary N) is 1. The Labute approximate surface area is 123 Å². The number of alkyl halides is 1. The van der Waals surface area contributed by atoms with E-state index in [1.807, 2.05) is 30.3 Å². The summed E-state index contributed by atoms with van der Waals surface area (Å²) in [6, 6.07) is 10.6. The second-order valence-corrected chi connectivity index (χ2v) is 5.00. The number of aliphatic hydroxyl groups excluding tert-OH is 1. The van der Waals surface area contributed by atoms with Gasteiger partial charge in [-0.2, -0.15) is 0 Å². The second kappa shape index (κ2) is 7.15. The molecule has 0 radical (unpaired) electrons. The van der Waals surface area contributed by atoms with Crippen LogP contribution < -0.4 is 11.1 Å². The highest BCUT2D eigenvalue weighted by Crippen LogP contribution is 2.19. The average Bonchev–Trinajstić information content (AvgIpc) is 2.51. The first-order chi connectivity index (χ1) is 10.1. The van der Waals surface area contributed by atoms with Crippen LogP contribution in [0.15, 0.2) is 42.6 Å². The van der Waals surface area contributed by atoms with Crippen LogP contribution in [0.5, 0.6) is 0 Å². The van der Waals surface area contributed by atoms with Crippen molar-refractivity contribution < 1.29 is 9.50 Å². The number of hydrogen-bond donors (Lipinski definition) is 3. The molecule has 2 atom stereocenters. The van der Waals surface area contributed by atoms with Crippen LogP contribution in [-0.4, -0.2) is 29.9 Å². The van der Waals surface area contributed by atoms with Crippen LogP contribution in [0.1, 0.15) is 22.8 Å². The van der Waals surface area contributed by atoms with Gasteiger partial charge in [0.05, 0.1) is 12.1 Å². The lowest BCUT2D eigenvalue weighted by molar-refractivity contribution is 0.117. The van der Waals surface area contributed by atoms with Crippen LogP contribution in [0.4, 0.5) is 10.2 Å². The molecule has 112 valence electrons. The number of nitrogen functional groups attached to an aromatic ring is 1. The molecule has 0 fully saturated rings. The SMILES string of the molecule is CNC(CF)C(O)c1ccc(Cc2ccc(N)nc2)cc1. The number of aliphatic hydroxyl groups is 1. The number of hydrogen-bond acceptors (Lipinski definition) is 4. The van der Waals surface area contributed by atoms with Crippen molar-refractivity contribution >= 4 is 5.82 Å². The minimum Gasteiger partial charge on any atom is -0.387 e. The Bertz CT molecular complexity index is 553. The number of nitrogens with zero attached hydrogens (tertiary/aromatic N) is 1. The molecule has 21 heavy (non-hydrogen) atoms. The van der Waals surface area contributed by atoms with E-state index in [1.165, 1.54) is 0 Å². The number of benzene rings is 1. The molecule has 4 N–H and O–H groups in total. The molecule has 2 unspecified atom stereocenters. The van der Waals surface area contributed by atoms with Gasteiger partial charge in [0, 0.05) is 6.20 Å². The third kappa shape index (κ3) is 4.00. The molecule has 0 aliphatic carbocycles. The summed E-state index contributed by atoms with van der Waals surface area (Å²) in [4.78, 5) is 4.05. The fraction of sp³-hybridized carbons (Fsp3) is 0.312. The Morgan fingerprint density at radius 2 is 1.86 bits per heavy atom. The Balaban J connectivity index is 2.06. The Hall–Kier alpha value is -1.98. The third-order valence-corrected chi connectivity index (χ3v) is 3.50. The van der Waals surface area contributed by atoms with Gasteiger partial charge in [-0.15, -0.1) is 0 Å². The molecule has 0 spiro atoms. The zero-order valence-electron chi connectivity index (χ0n) is 12.0. The Kier molecular flexibility index (Phi) is 5.25. The number of rotatable bonds is 6.